The van der Waals surface area contributed by atoms with Gasteiger partial charge in [0, 0.05) is 22.5 Å². The van der Waals surface area contributed by atoms with Crippen molar-refractivity contribution in [3.8, 4) is 0 Å². The van der Waals surface area contributed by atoms with E-state index in [4.69, 9.17) is 10.7 Å². The minimum absolute atomic E-state index is 0.00493. The molecule has 0 bridgehead atoms. The fourth-order valence-corrected chi connectivity index (χ4v) is 5.59. The Hall–Kier alpha value is -2.47. The molecule has 4 rings (SSSR count). The van der Waals surface area contributed by atoms with E-state index in [2.05, 4.69) is 56.2 Å². The zero-order valence-electron chi connectivity index (χ0n) is 17.7. The molecule has 1 aliphatic carbocycles. The second-order valence-electron chi connectivity index (χ2n) is 9.26. The van der Waals surface area contributed by atoms with Crippen molar-refractivity contribution in [1.29, 1.82) is 0 Å². The van der Waals surface area contributed by atoms with Crippen LogP contribution in [0.4, 0.5) is 5.82 Å². The van der Waals surface area contributed by atoms with Crippen LogP contribution in [0.25, 0.3) is 10.8 Å². The van der Waals surface area contributed by atoms with Crippen LogP contribution in [0.1, 0.15) is 54.8 Å². The average molecular weight is 409 g/mol. The van der Waals surface area contributed by atoms with Gasteiger partial charge in [-0.1, -0.05) is 38.5 Å². The second kappa shape index (κ2) is 6.80. The Labute approximate surface area is 175 Å². The van der Waals surface area contributed by atoms with Crippen molar-refractivity contribution in [2.24, 2.45) is 5.73 Å². The number of benzene rings is 1. The number of carbonyl (C=O) groups is 1. The molecule has 1 aromatic carbocycles. The topological polar surface area (TPSA) is 80.9 Å². The minimum atomic E-state index is -0.683. The molecule has 2 aromatic heterocycles. The SMILES string of the molecule is Cc1ccc2ccnc(NC3CC(C(N)=O)(c4nc(C)c(C(C)(C)C)s4)C3)c2c1. The third-order valence-corrected chi connectivity index (χ3v) is 7.60. The number of hydrogen-bond acceptors (Lipinski definition) is 5. The average Bonchev–Trinajstić information content (AvgIpc) is 2.99. The molecule has 3 aromatic rings. The Balaban J connectivity index is 1.60. The van der Waals surface area contributed by atoms with Gasteiger partial charge in [-0.05, 0) is 49.6 Å². The maximum atomic E-state index is 12.5. The molecule has 29 heavy (non-hydrogen) atoms. The van der Waals surface area contributed by atoms with Gasteiger partial charge >= 0.3 is 0 Å². The first-order valence-electron chi connectivity index (χ1n) is 10.0. The number of rotatable bonds is 4. The number of hydrogen-bond donors (Lipinski definition) is 2. The van der Waals surface area contributed by atoms with Crippen molar-refractivity contribution in [3.05, 3.63) is 51.6 Å². The van der Waals surface area contributed by atoms with Crippen LogP contribution in [-0.2, 0) is 15.6 Å². The number of thiazole rings is 1. The zero-order valence-corrected chi connectivity index (χ0v) is 18.5. The van der Waals surface area contributed by atoms with Crippen LogP contribution in [-0.4, -0.2) is 21.9 Å². The van der Waals surface area contributed by atoms with E-state index in [-0.39, 0.29) is 17.4 Å². The number of amides is 1. The van der Waals surface area contributed by atoms with Gasteiger partial charge in [0.2, 0.25) is 5.91 Å². The first kappa shape index (κ1) is 19.8. The van der Waals surface area contributed by atoms with Gasteiger partial charge in [-0.25, -0.2) is 9.97 Å². The molecule has 1 amide bonds. The highest BCUT2D eigenvalue weighted by molar-refractivity contribution is 7.12. The van der Waals surface area contributed by atoms with Crippen LogP contribution in [0.5, 0.6) is 0 Å². The summed E-state index contributed by atoms with van der Waals surface area (Å²) < 4.78 is 0. The summed E-state index contributed by atoms with van der Waals surface area (Å²) >= 11 is 1.64. The van der Waals surface area contributed by atoms with Crippen molar-refractivity contribution in [2.75, 3.05) is 5.32 Å². The molecule has 1 aliphatic rings. The number of anilines is 1. The molecule has 1 fully saturated rings. The number of pyridine rings is 1. The summed E-state index contributed by atoms with van der Waals surface area (Å²) in [6.07, 6.45) is 3.10. The van der Waals surface area contributed by atoms with E-state index >= 15 is 0 Å². The van der Waals surface area contributed by atoms with Gasteiger partial charge in [-0.3, -0.25) is 4.79 Å². The van der Waals surface area contributed by atoms with Crippen molar-refractivity contribution < 1.29 is 4.79 Å². The monoisotopic (exact) mass is 408 g/mol. The van der Waals surface area contributed by atoms with E-state index in [0.717, 1.165) is 27.3 Å². The lowest BCUT2D eigenvalue weighted by Gasteiger charge is -2.44. The lowest BCUT2D eigenvalue weighted by Crippen LogP contribution is -2.56. The summed E-state index contributed by atoms with van der Waals surface area (Å²) in [4.78, 5) is 23.0. The highest BCUT2D eigenvalue weighted by Gasteiger charge is 2.53. The summed E-state index contributed by atoms with van der Waals surface area (Å²) in [5, 5.41) is 6.64. The Bertz CT molecular complexity index is 1090. The lowest BCUT2D eigenvalue weighted by molar-refractivity contribution is -0.126. The smallest absolute Gasteiger partial charge is 0.230 e. The van der Waals surface area contributed by atoms with Crippen LogP contribution >= 0.6 is 11.3 Å². The molecule has 6 heteroatoms. The largest absolute Gasteiger partial charge is 0.369 e. The van der Waals surface area contributed by atoms with Gasteiger partial charge in [0.1, 0.15) is 16.2 Å². The predicted octanol–water partition coefficient (Wildman–Crippen LogP) is 4.60. The van der Waals surface area contributed by atoms with Crippen molar-refractivity contribution >= 4 is 33.8 Å². The number of aryl methyl sites for hydroxylation is 2. The van der Waals surface area contributed by atoms with E-state index in [1.165, 1.54) is 10.4 Å². The van der Waals surface area contributed by atoms with Gasteiger partial charge in [0.25, 0.3) is 0 Å². The molecule has 0 radical (unpaired) electrons. The number of nitrogens with zero attached hydrogens (tertiary/aromatic N) is 2. The number of aromatic nitrogens is 2. The Kier molecular flexibility index (Phi) is 4.65. The van der Waals surface area contributed by atoms with Gasteiger partial charge in [-0.15, -0.1) is 11.3 Å². The molecule has 0 spiro atoms. The van der Waals surface area contributed by atoms with E-state index < -0.39 is 5.41 Å². The molecule has 152 valence electrons. The number of nitrogens with one attached hydrogen (secondary N) is 1. The first-order chi connectivity index (χ1) is 13.6. The van der Waals surface area contributed by atoms with Crippen LogP contribution < -0.4 is 11.1 Å². The van der Waals surface area contributed by atoms with Gasteiger partial charge < -0.3 is 11.1 Å². The van der Waals surface area contributed by atoms with Crippen molar-refractivity contribution in [2.45, 2.75) is 64.3 Å². The summed E-state index contributed by atoms with van der Waals surface area (Å²) in [5.74, 6) is 0.575. The summed E-state index contributed by atoms with van der Waals surface area (Å²) in [5.41, 5.74) is 7.40. The van der Waals surface area contributed by atoms with Crippen LogP contribution in [0.15, 0.2) is 30.5 Å². The summed E-state index contributed by atoms with van der Waals surface area (Å²) in [6, 6.07) is 8.51. The van der Waals surface area contributed by atoms with Crippen LogP contribution in [0, 0.1) is 13.8 Å². The number of primary amides is 1. The van der Waals surface area contributed by atoms with Gasteiger partial charge in [0.05, 0.1) is 5.69 Å². The molecular formula is C23H28N4OS. The quantitative estimate of drug-likeness (QED) is 0.661. The molecule has 0 saturated heterocycles. The molecule has 0 atom stereocenters. The number of carbonyl (C=O) groups excluding carboxylic acids is 1. The molecule has 2 heterocycles. The minimum Gasteiger partial charge on any atom is -0.369 e. The maximum absolute atomic E-state index is 12.5. The standard InChI is InChI=1S/C23H28N4OS/c1-13-6-7-15-8-9-25-19(17(15)10-13)27-16-11-23(12-16,20(24)28)21-26-14(2)18(29-21)22(3,4)5/h6-10,16H,11-12H2,1-5H3,(H2,24,28)(H,25,27). The van der Waals surface area contributed by atoms with E-state index in [0.29, 0.717) is 12.8 Å². The molecule has 1 saturated carbocycles. The predicted molar refractivity (Wildman–Crippen MR) is 120 cm³/mol. The van der Waals surface area contributed by atoms with E-state index in [1.807, 2.05) is 19.2 Å². The third-order valence-electron chi connectivity index (χ3n) is 5.81. The van der Waals surface area contributed by atoms with E-state index in [9.17, 15) is 4.79 Å². The third kappa shape index (κ3) is 3.39. The van der Waals surface area contributed by atoms with Crippen LogP contribution in [0.2, 0.25) is 0 Å². The molecular weight excluding hydrogens is 380 g/mol. The van der Waals surface area contributed by atoms with Crippen LogP contribution in [0.3, 0.4) is 0 Å². The van der Waals surface area contributed by atoms with E-state index in [1.54, 1.807) is 11.3 Å². The normalized spacial score (nSPS) is 21.8. The first-order valence-corrected chi connectivity index (χ1v) is 10.8. The fourth-order valence-electron chi connectivity index (χ4n) is 4.25. The van der Waals surface area contributed by atoms with Gasteiger partial charge in [-0.2, -0.15) is 0 Å². The zero-order chi connectivity index (χ0) is 21.0. The molecule has 0 unspecified atom stereocenters. The van der Waals surface area contributed by atoms with Gasteiger partial charge in [0.15, 0.2) is 0 Å². The summed E-state index contributed by atoms with van der Waals surface area (Å²) in [7, 11) is 0. The Morgan fingerprint density at radius 2 is 1.97 bits per heavy atom. The van der Waals surface area contributed by atoms with Crippen molar-refractivity contribution in [3.63, 3.8) is 0 Å². The molecule has 0 aliphatic heterocycles. The van der Waals surface area contributed by atoms with Crippen molar-refractivity contribution in [1.82, 2.24) is 9.97 Å². The molecule has 5 nitrogen and oxygen atoms in total. The maximum Gasteiger partial charge on any atom is 0.230 e. The fraction of sp³-hybridized carbons (Fsp3) is 0.435. The second-order valence-corrected chi connectivity index (χ2v) is 10.3. The highest BCUT2D eigenvalue weighted by Crippen LogP contribution is 2.48. The molecule has 3 N–H and O–H groups in total. The number of nitrogens with two attached hydrogens (primary N) is 1. The highest BCUT2D eigenvalue weighted by atomic mass is 32.1. The lowest BCUT2D eigenvalue weighted by atomic mass is 9.65. The Morgan fingerprint density at radius 1 is 1.24 bits per heavy atom. The summed E-state index contributed by atoms with van der Waals surface area (Å²) in [6.45, 7) is 10.6. The Morgan fingerprint density at radius 3 is 2.59 bits per heavy atom. The number of fused-ring (bicyclic) bond motifs is 1.